The summed E-state index contributed by atoms with van der Waals surface area (Å²) in [5.74, 6) is 1.68. The third-order valence-electron chi connectivity index (χ3n) is 6.97. The van der Waals surface area contributed by atoms with Crippen molar-refractivity contribution < 1.29 is 19.1 Å². The normalized spacial score (nSPS) is 39.8. The molecule has 4 fully saturated rings. The molecule has 0 spiro atoms. The molecule has 0 saturated heterocycles. The highest BCUT2D eigenvalue weighted by Crippen LogP contribution is 2.57. The number of halogens is 1. The van der Waals surface area contributed by atoms with Gasteiger partial charge in [0.05, 0.1) is 7.11 Å². The second-order valence-corrected chi connectivity index (χ2v) is 9.47. The molecular formula is C21H23ClO4. The van der Waals surface area contributed by atoms with Crippen molar-refractivity contribution >= 4 is 23.4 Å². The maximum Gasteiger partial charge on any atom is 0.336 e. The molecule has 1 aromatic carbocycles. The van der Waals surface area contributed by atoms with Gasteiger partial charge in [-0.3, -0.25) is 4.79 Å². The lowest BCUT2D eigenvalue weighted by Crippen LogP contribution is -2.55. The first-order valence-corrected chi connectivity index (χ1v) is 9.93. The van der Waals surface area contributed by atoms with Gasteiger partial charge >= 0.3 is 5.97 Å². The zero-order valence-electron chi connectivity index (χ0n) is 14.9. The van der Waals surface area contributed by atoms with Gasteiger partial charge in [-0.15, -0.1) is 0 Å². The first-order chi connectivity index (χ1) is 12.4. The third-order valence-corrected chi connectivity index (χ3v) is 7.43. The Morgan fingerprint density at radius 1 is 1.12 bits per heavy atom. The van der Waals surface area contributed by atoms with E-state index in [0.29, 0.717) is 29.1 Å². The molecule has 0 radical (unpaired) electrons. The molecule has 26 heavy (non-hydrogen) atoms. The van der Waals surface area contributed by atoms with E-state index in [1.165, 1.54) is 19.3 Å². The zero-order valence-corrected chi connectivity index (χ0v) is 15.7. The number of esters is 1. The summed E-state index contributed by atoms with van der Waals surface area (Å²) < 4.78 is 11.3. The average molecular weight is 375 g/mol. The lowest BCUT2D eigenvalue weighted by Gasteiger charge is -2.56. The second-order valence-electron chi connectivity index (χ2n) is 8.82. The van der Waals surface area contributed by atoms with Crippen LogP contribution in [0.1, 0.15) is 54.4 Å². The van der Waals surface area contributed by atoms with E-state index in [1.807, 2.05) is 6.07 Å². The Kier molecular flexibility index (Phi) is 3.50. The Hall–Kier alpha value is -1.55. The van der Waals surface area contributed by atoms with Gasteiger partial charge in [0.2, 0.25) is 4.87 Å². The first-order valence-electron chi connectivity index (χ1n) is 9.55. The number of alkyl halides is 1. The molecule has 5 aliphatic carbocycles. The summed E-state index contributed by atoms with van der Waals surface area (Å²) in [6, 6.07) is 5.27. The Labute approximate surface area is 158 Å². The summed E-state index contributed by atoms with van der Waals surface area (Å²) in [5.41, 5.74) is 0.871. The highest BCUT2D eigenvalue weighted by atomic mass is 35.5. The van der Waals surface area contributed by atoms with Crippen LogP contribution in [0.3, 0.4) is 0 Å². The Morgan fingerprint density at radius 2 is 1.73 bits per heavy atom. The van der Waals surface area contributed by atoms with Crippen molar-refractivity contribution in [1.29, 1.82) is 0 Å². The van der Waals surface area contributed by atoms with Gasteiger partial charge in [0.25, 0.3) is 0 Å². The van der Waals surface area contributed by atoms with Gasteiger partial charge in [-0.1, -0.05) is 17.7 Å². The number of Topliss-reactive ketones (excluding diaryl/α,β-unsaturated/α-hetero) is 1. The molecule has 0 N–H and O–H groups in total. The second kappa shape index (κ2) is 5.48. The topological polar surface area (TPSA) is 52.6 Å². The summed E-state index contributed by atoms with van der Waals surface area (Å²) in [5, 5.41) is 0. The predicted molar refractivity (Wildman–Crippen MR) is 96.6 cm³/mol. The molecule has 4 bridgehead atoms. The molecule has 1 atom stereocenters. The summed E-state index contributed by atoms with van der Waals surface area (Å²) in [6.45, 7) is 0. The van der Waals surface area contributed by atoms with Crippen LogP contribution in [0.4, 0.5) is 0 Å². The molecule has 4 saturated carbocycles. The number of rotatable bonds is 3. The fourth-order valence-corrected chi connectivity index (χ4v) is 6.49. The molecule has 0 heterocycles. The summed E-state index contributed by atoms with van der Waals surface area (Å²) in [6.07, 6.45) is 6.82. The molecule has 0 aliphatic heterocycles. The van der Waals surface area contributed by atoms with Gasteiger partial charge < -0.3 is 9.47 Å². The van der Waals surface area contributed by atoms with E-state index < -0.39 is 10.8 Å². The van der Waals surface area contributed by atoms with Crippen LogP contribution in [-0.2, 0) is 16.0 Å². The van der Waals surface area contributed by atoms with Gasteiger partial charge in [0.1, 0.15) is 11.4 Å². The first kappa shape index (κ1) is 16.6. The van der Waals surface area contributed by atoms with E-state index in [1.54, 1.807) is 19.2 Å². The van der Waals surface area contributed by atoms with Crippen molar-refractivity contribution in [3.8, 4) is 5.75 Å². The number of ether oxygens (including phenoxy) is 2. The van der Waals surface area contributed by atoms with Crippen LogP contribution in [0.15, 0.2) is 18.2 Å². The number of benzene rings is 1. The van der Waals surface area contributed by atoms with Crippen LogP contribution < -0.4 is 4.74 Å². The van der Waals surface area contributed by atoms with Gasteiger partial charge in [-0.25, -0.2) is 4.79 Å². The number of hydrogen-bond acceptors (Lipinski definition) is 4. The maximum absolute atomic E-state index is 13.1. The Balaban J connectivity index is 1.40. The van der Waals surface area contributed by atoms with Gasteiger partial charge in [-0.2, -0.15) is 0 Å². The lowest BCUT2D eigenvalue weighted by molar-refractivity contribution is -0.188. The van der Waals surface area contributed by atoms with E-state index in [9.17, 15) is 9.59 Å². The molecule has 0 aromatic heterocycles. The van der Waals surface area contributed by atoms with Crippen molar-refractivity contribution in [2.24, 2.45) is 17.8 Å². The molecule has 5 aliphatic rings. The van der Waals surface area contributed by atoms with Crippen LogP contribution in [-0.4, -0.2) is 29.3 Å². The van der Waals surface area contributed by atoms with Crippen molar-refractivity contribution in [2.75, 3.05) is 7.11 Å². The minimum Gasteiger partial charge on any atom is -0.497 e. The number of carbonyl (C=O) groups is 2. The standard InChI is InChI=1S/C21H23ClO4/c1-25-16-3-2-15-11-21(22,18(23)17(15)7-16)19(24)26-20-8-12-4-13(9-20)6-14(5-12)10-20/h2-3,7,12-14H,4-6,8-11H2,1H3. The molecule has 138 valence electrons. The number of hydrogen-bond donors (Lipinski definition) is 0. The zero-order chi connectivity index (χ0) is 18.1. The van der Waals surface area contributed by atoms with Crippen LogP contribution in [0.25, 0.3) is 0 Å². The third kappa shape index (κ3) is 2.34. The van der Waals surface area contributed by atoms with E-state index in [2.05, 4.69) is 0 Å². The maximum atomic E-state index is 13.1. The highest BCUT2D eigenvalue weighted by Gasteiger charge is 2.57. The van der Waals surface area contributed by atoms with E-state index >= 15 is 0 Å². The van der Waals surface area contributed by atoms with E-state index in [4.69, 9.17) is 21.1 Å². The fourth-order valence-electron chi connectivity index (χ4n) is 6.20. The van der Waals surface area contributed by atoms with Gasteiger partial charge in [0.15, 0.2) is 5.78 Å². The highest BCUT2D eigenvalue weighted by molar-refractivity contribution is 6.49. The summed E-state index contributed by atoms with van der Waals surface area (Å²) in [7, 11) is 1.55. The van der Waals surface area contributed by atoms with Crippen molar-refractivity contribution in [2.45, 2.75) is 55.4 Å². The average Bonchev–Trinajstić information content (AvgIpc) is 2.85. The van der Waals surface area contributed by atoms with Crippen molar-refractivity contribution in [1.82, 2.24) is 0 Å². The van der Waals surface area contributed by atoms with Crippen LogP contribution in [0, 0.1) is 17.8 Å². The van der Waals surface area contributed by atoms with E-state index in [0.717, 1.165) is 24.8 Å². The SMILES string of the molecule is COc1ccc2c(c1)C(=O)C(Cl)(C(=O)OC13CC4CC(CC(C4)C1)C3)C2. The number of fused-ring (bicyclic) bond motifs is 1. The molecule has 1 aromatic rings. The molecule has 0 amide bonds. The quantitative estimate of drug-likeness (QED) is 0.457. The Morgan fingerprint density at radius 3 is 2.31 bits per heavy atom. The molecule has 6 rings (SSSR count). The fraction of sp³-hybridized carbons (Fsp3) is 0.619. The van der Waals surface area contributed by atoms with Gasteiger partial charge in [0, 0.05) is 12.0 Å². The van der Waals surface area contributed by atoms with Crippen LogP contribution >= 0.6 is 11.6 Å². The van der Waals surface area contributed by atoms with E-state index in [-0.39, 0.29) is 17.8 Å². The lowest BCUT2D eigenvalue weighted by atomic mass is 9.54. The predicted octanol–water partition coefficient (Wildman–Crippen LogP) is 3.92. The smallest absolute Gasteiger partial charge is 0.336 e. The molecule has 1 unspecified atom stereocenters. The molecule has 4 nitrogen and oxygen atoms in total. The van der Waals surface area contributed by atoms with Crippen molar-refractivity contribution in [3.63, 3.8) is 0 Å². The van der Waals surface area contributed by atoms with Crippen LogP contribution in [0.5, 0.6) is 5.75 Å². The minimum absolute atomic E-state index is 0.192. The largest absolute Gasteiger partial charge is 0.497 e. The molecular weight excluding hydrogens is 352 g/mol. The van der Waals surface area contributed by atoms with Crippen molar-refractivity contribution in [3.05, 3.63) is 29.3 Å². The molecule has 5 heteroatoms. The summed E-state index contributed by atoms with van der Waals surface area (Å²) >= 11 is 6.61. The van der Waals surface area contributed by atoms with Crippen LogP contribution in [0.2, 0.25) is 0 Å². The number of methoxy groups -OCH3 is 1. The van der Waals surface area contributed by atoms with Gasteiger partial charge in [-0.05, 0) is 74.0 Å². The number of ketones is 1. The number of carbonyl (C=O) groups excluding carboxylic acids is 2. The Bertz CT molecular complexity index is 766. The minimum atomic E-state index is -1.63. The summed E-state index contributed by atoms with van der Waals surface area (Å²) in [4.78, 5) is 24.4. The monoisotopic (exact) mass is 374 g/mol.